The smallest absolute Gasteiger partial charge is 0.168 e. The van der Waals surface area contributed by atoms with Gasteiger partial charge in [0.2, 0.25) is 0 Å². The van der Waals surface area contributed by atoms with Crippen molar-refractivity contribution >= 4 is 17.4 Å². The van der Waals surface area contributed by atoms with Crippen molar-refractivity contribution < 1.29 is 13.9 Å². The standard InChI is InChI=1S/C13H16ClFO2/c1-4-17-13(2,3)12(16)7-9-5-6-10(14)8-11(9)15/h5-6,8H,4,7H2,1-3H3. The van der Waals surface area contributed by atoms with Crippen LogP contribution in [0.2, 0.25) is 5.02 Å². The molecule has 0 amide bonds. The Hall–Kier alpha value is -0.930. The lowest BCUT2D eigenvalue weighted by molar-refractivity contribution is -0.139. The number of halogens is 2. The van der Waals surface area contributed by atoms with E-state index in [1.807, 2.05) is 6.92 Å². The fraction of sp³-hybridized carbons (Fsp3) is 0.462. The molecule has 0 unspecified atom stereocenters. The molecule has 1 aromatic carbocycles. The Balaban J connectivity index is 2.81. The molecule has 2 nitrogen and oxygen atoms in total. The number of ketones is 1. The van der Waals surface area contributed by atoms with Crippen LogP contribution in [0.1, 0.15) is 26.3 Å². The van der Waals surface area contributed by atoms with E-state index < -0.39 is 11.4 Å². The number of benzene rings is 1. The number of carbonyl (C=O) groups is 1. The third-order valence-corrected chi connectivity index (χ3v) is 2.78. The normalized spacial score (nSPS) is 11.6. The highest BCUT2D eigenvalue weighted by molar-refractivity contribution is 6.30. The van der Waals surface area contributed by atoms with E-state index in [-0.39, 0.29) is 12.2 Å². The topological polar surface area (TPSA) is 26.3 Å². The molecule has 0 N–H and O–H groups in total. The number of Topliss-reactive ketones (excluding diaryl/α,β-unsaturated/α-hetero) is 1. The lowest BCUT2D eigenvalue weighted by Crippen LogP contribution is -2.36. The van der Waals surface area contributed by atoms with Crippen molar-refractivity contribution in [1.82, 2.24) is 0 Å². The minimum Gasteiger partial charge on any atom is -0.368 e. The van der Waals surface area contributed by atoms with E-state index in [2.05, 4.69) is 0 Å². The highest BCUT2D eigenvalue weighted by atomic mass is 35.5. The van der Waals surface area contributed by atoms with Crippen LogP contribution in [0.4, 0.5) is 4.39 Å². The van der Waals surface area contributed by atoms with Crippen molar-refractivity contribution in [3.8, 4) is 0 Å². The van der Waals surface area contributed by atoms with Crippen LogP contribution in [0, 0.1) is 5.82 Å². The molecule has 0 aliphatic heterocycles. The summed E-state index contributed by atoms with van der Waals surface area (Å²) in [6, 6.07) is 4.30. The van der Waals surface area contributed by atoms with E-state index in [0.29, 0.717) is 17.2 Å². The summed E-state index contributed by atoms with van der Waals surface area (Å²) >= 11 is 5.64. The van der Waals surface area contributed by atoms with Crippen LogP contribution < -0.4 is 0 Å². The molecule has 0 fully saturated rings. The molecular weight excluding hydrogens is 243 g/mol. The Kier molecular flexibility index (Phi) is 4.66. The Labute approximate surface area is 106 Å². The number of rotatable bonds is 5. The van der Waals surface area contributed by atoms with Crippen molar-refractivity contribution in [2.45, 2.75) is 32.8 Å². The quantitative estimate of drug-likeness (QED) is 0.809. The van der Waals surface area contributed by atoms with Crippen molar-refractivity contribution in [2.75, 3.05) is 6.61 Å². The largest absolute Gasteiger partial charge is 0.368 e. The molecule has 0 radical (unpaired) electrons. The minimum atomic E-state index is -0.888. The fourth-order valence-corrected chi connectivity index (χ4v) is 1.65. The highest BCUT2D eigenvalue weighted by Gasteiger charge is 2.28. The molecular formula is C13H16ClFO2. The van der Waals surface area contributed by atoms with Crippen molar-refractivity contribution in [3.63, 3.8) is 0 Å². The summed E-state index contributed by atoms with van der Waals surface area (Å²) in [5.74, 6) is -0.612. The number of hydrogen-bond donors (Lipinski definition) is 0. The van der Waals surface area contributed by atoms with Crippen molar-refractivity contribution in [3.05, 3.63) is 34.6 Å². The van der Waals surface area contributed by atoms with E-state index in [4.69, 9.17) is 16.3 Å². The second-order valence-corrected chi connectivity index (χ2v) is 4.72. The van der Waals surface area contributed by atoms with Gasteiger partial charge < -0.3 is 4.74 Å². The summed E-state index contributed by atoms with van der Waals surface area (Å²) in [4.78, 5) is 11.9. The molecule has 4 heteroatoms. The molecule has 94 valence electrons. The first-order valence-electron chi connectivity index (χ1n) is 5.48. The van der Waals surface area contributed by atoms with Gasteiger partial charge >= 0.3 is 0 Å². The number of hydrogen-bond acceptors (Lipinski definition) is 2. The average molecular weight is 259 g/mol. The molecule has 0 aliphatic carbocycles. The molecule has 17 heavy (non-hydrogen) atoms. The van der Waals surface area contributed by atoms with Gasteiger partial charge in [0.25, 0.3) is 0 Å². The average Bonchev–Trinajstić information content (AvgIpc) is 2.22. The minimum absolute atomic E-state index is 0.00992. The van der Waals surface area contributed by atoms with Gasteiger partial charge in [0.15, 0.2) is 5.78 Å². The molecule has 1 rings (SSSR count). The fourth-order valence-electron chi connectivity index (χ4n) is 1.49. The van der Waals surface area contributed by atoms with Crippen LogP contribution in [-0.2, 0) is 16.0 Å². The zero-order valence-corrected chi connectivity index (χ0v) is 11.0. The molecule has 0 bridgehead atoms. The maximum atomic E-state index is 13.5. The van der Waals surface area contributed by atoms with Gasteiger partial charge in [0.05, 0.1) is 0 Å². The second-order valence-electron chi connectivity index (χ2n) is 4.28. The van der Waals surface area contributed by atoms with Gasteiger partial charge in [-0.25, -0.2) is 4.39 Å². The molecule has 0 spiro atoms. The van der Waals surface area contributed by atoms with E-state index in [1.54, 1.807) is 19.9 Å². The van der Waals surface area contributed by atoms with Crippen LogP contribution in [0.15, 0.2) is 18.2 Å². The number of carbonyl (C=O) groups excluding carboxylic acids is 1. The Bertz CT molecular complexity index is 416. The van der Waals surface area contributed by atoms with E-state index in [9.17, 15) is 9.18 Å². The first-order valence-corrected chi connectivity index (χ1v) is 5.86. The third kappa shape index (κ3) is 3.79. The predicted molar refractivity (Wildman–Crippen MR) is 65.8 cm³/mol. The van der Waals surface area contributed by atoms with Gasteiger partial charge in [-0.3, -0.25) is 4.79 Å². The molecule has 1 aromatic rings. The Morgan fingerprint density at radius 3 is 2.65 bits per heavy atom. The number of ether oxygens (including phenoxy) is 1. The molecule has 0 aromatic heterocycles. The van der Waals surface area contributed by atoms with Crippen LogP contribution in [0.25, 0.3) is 0 Å². The van der Waals surface area contributed by atoms with Crippen LogP contribution in [0.5, 0.6) is 0 Å². The highest BCUT2D eigenvalue weighted by Crippen LogP contribution is 2.19. The summed E-state index contributed by atoms with van der Waals surface area (Å²) in [7, 11) is 0. The van der Waals surface area contributed by atoms with E-state index in [0.717, 1.165) is 0 Å². The molecule has 0 aliphatic rings. The Morgan fingerprint density at radius 2 is 2.12 bits per heavy atom. The Morgan fingerprint density at radius 1 is 1.47 bits per heavy atom. The maximum Gasteiger partial charge on any atom is 0.168 e. The van der Waals surface area contributed by atoms with Gasteiger partial charge in [-0.15, -0.1) is 0 Å². The summed E-state index contributed by atoms with van der Waals surface area (Å²) in [5, 5.41) is 0.322. The third-order valence-electron chi connectivity index (χ3n) is 2.54. The molecule has 0 saturated carbocycles. The zero-order chi connectivity index (χ0) is 13.1. The van der Waals surface area contributed by atoms with Crippen LogP contribution >= 0.6 is 11.6 Å². The summed E-state index contributed by atoms with van der Waals surface area (Å²) < 4.78 is 18.8. The summed E-state index contributed by atoms with van der Waals surface area (Å²) in [5.41, 5.74) is -0.548. The SMILES string of the molecule is CCOC(C)(C)C(=O)Cc1ccc(Cl)cc1F. The summed E-state index contributed by atoms with van der Waals surface area (Å²) in [6.07, 6.45) is 0.00992. The maximum absolute atomic E-state index is 13.5. The van der Waals surface area contributed by atoms with Gasteiger partial charge in [-0.2, -0.15) is 0 Å². The van der Waals surface area contributed by atoms with Crippen molar-refractivity contribution in [1.29, 1.82) is 0 Å². The molecule has 0 atom stereocenters. The van der Waals surface area contributed by atoms with Gasteiger partial charge in [-0.1, -0.05) is 17.7 Å². The second kappa shape index (κ2) is 5.61. The van der Waals surface area contributed by atoms with Crippen molar-refractivity contribution in [2.24, 2.45) is 0 Å². The first kappa shape index (κ1) is 14.1. The van der Waals surface area contributed by atoms with Gasteiger partial charge in [0.1, 0.15) is 11.4 Å². The molecule has 0 heterocycles. The van der Waals surface area contributed by atoms with E-state index in [1.165, 1.54) is 12.1 Å². The van der Waals surface area contributed by atoms with Crippen LogP contribution in [-0.4, -0.2) is 18.0 Å². The van der Waals surface area contributed by atoms with Crippen LogP contribution in [0.3, 0.4) is 0 Å². The zero-order valence-electron chi connectivity index (χ0n) is 10.2. The predicted octanol–water partition coefficient (Wildman–Crippen LogP) is 3.41. The first-order chi connectivity index (χ1) is 7.86. The van der Waals surface area contributed by atoms with E-state index >= 15 is 0 Å². The lowest BCUT2D eigenvalue weighted by Gasteiger charge is -2.23. The lowest BCUT2D eigenvalue weighted by atomic mass is 9.96. The van der Waals surface area contributed by atoms with Gasteiger partial charge in [-0.05, 0) is 38.5 Å². The monoisotopic (exact) mass is 258 g/mol. The summed E-state index contributed by atoms with van der Waals surface area (Å²) in [6.45, 7) is 5.64. The van der Waals surface area contributed by atoms with Gasteiger partial charge in [0, 0.05) is 18.1 Å². The molecule has 0 saturated heterocycles.